The summed E-state index contributed by atoms with van der Waals surface area (Å²) in [6.07, 6.45) is 0.818. The molecule has 1 unspecified atom stereocenters. The fourth-order valence-corrected chi connectivity index (χ4v) is 1.69. The molecule has 1 aromatic rings. The van der Waals surface area contributed by atoms with E-state index in [-0.39, 0.29) is 17.8 Å². The molecule has 3 N–H and O–H groups in total. The van der Waals surface area contributed by atoms with E-state index in [0.717, 1.165) is 12.0 Å². The zero-order valence-corrected chi connectivity index (χ0v) is 11.2. The van der Waals surface area contributed by atoms with Crippen LogP contribution in [0.5, 0.6) is 0 Å². The van der Waals surface area contributed by atoms with Gasteiger partial charge in [-0.3, -0.25) is 4.79 Å². The maximum Gasteiger partial charge on any atom is 0.224 e. The first-order chi connectivity index (χ1) is 8.36. The van der Waals surface area contributed by atoms with E-state index in [2.05, 4.69) is 5.32 Å². The Labute approximate surface area is 108 Å². The van der Waals surface area contributed by atoms with E-state index in [1.165, 1.54) is 12.1 Å². The normalized spacial score (nSPS) is 13.3. The number of rotatable bonds is 6. The fraction of sp³-hybridized carbons (Fsp3) is 0.500. The average Bonchev–Trinajstić information content (AvgIpc) is 2.29. The van der Waals surface area contributed by atoms with Crippen molar-refractivity contribution in [3.63, 3.8) is 0 Å². The molecule has 3 nitrogen and oxygen atoms in total. The van der Waals surface area contributed by atoms with Gasteiger partial charge in [0.1, 0.15) is 5.82 Å². The highest BCUT2D eigenvalue weighted by Gasteiger charge is 2.25. The van der Waals surface area contributed by atoms with Gasteiger partial charge in [0.25, 0.3) is 0 Å². The van der Waals surface area contributed by atoms with E-state index in [0.29, 0.717) is 6.54 Å². The highest BCUT2D eigenvalue weighted by Crippen LogP contribution is 2.20. The molecule has 0 aliphatic rings. The van der Waals surface area contributed by atoms with Crippen molar-refractivity contribution in [2.75, 3.05) is 6.54 Å². The summed E-state index contributed by atoms with van der Waals surface area (Å²) in [4.78, 5) is 11.2. The summed E-state index contributed by atoms with van der Waals surface area (Å²) in [5.74, 6) is -0.592. The van der Waals surface area contributed by atoms with Crippen molar-refractivity contribution in [1.82, 2.24) is 5.32 Å². The standard InChI is InChI=1S/C14H21FN2O/c1-4-12(10-6-5-7-11(15)8-10)17-9-14(2,3)13(16)18/h5-8,12,17H,4,9H2,1-3H3,(H2,16,18). The summed E-state index contributed by atoms with van der Waals surface area (Å²) in [6.45, 7) is 6.07. The van der Waals surface area contributed by atoms with Crippen LogP contribution in [0.3, 0.4) is 0 Å². The summed E-state index contributed by atoms with van der Waals surface area (Å²) >= 11 is 0. The van der Waals surface area contributed by atoms with Gasteiger partial charge < -0.3 is 11.1 Å². The molecule has 4 heteroatoms. The summed E-state index contributed by atoms with van der Waals surface area (Å²) in [5.41, 5.74) is 5.60. The first-order valence-electron chi connectivity index (χ1n) is 6.15. The lowest BCUT2D eigenvalue weighted by molar-refractivity contribution is -0.125. The number of primary amides is 1. The molecule has 0 spiro atoms. The fourth-order valence-electron chi connectivity index (χ4n) is 1.69. The minimum absolute atomic E-state index is 0.0272. The zero-order chi connectivity index (χ0) is 13.8. The summed E-state index contributed by atoms with van der Waals surface area (Å²) < 4.78 is 13.2. The van der Waals surface area contributed by atoms with Crippen LogP contribution < -0.4 is 11.1 Å². The topological polar surface area (TPSA) is 55.1 Å². The van der Waals surface area contributed by atoms with Crippen LogP contribution in [0, 0.1) is 11.2 Å². The van der Waals surface area contributed by atoms with E-state index < -0.39 is 5.41 Å². The molecular weight excluding hydrogens is 231 g/mol. The number of hydrogen-bond acceptors (Lipinski definition) is 2. The van der Waals surface area contributed by atoms with Crippen LogP contribution in [-0.4, -0.2) is 12.5 Å². The van der Waals surface area contributed by atoms with Gasteiger partial charge in [-0.1, -0.05) is 19.1 Å². The van der Waals surface area contributed by atoms with E-state index >= 15 is 0 Å². The molecule has 1 amide bonds. The predicted octanol–water partition coefficient (Wildman–Crippen LogP) is 2.38. The Morgan fingerprint density at radius 3 is 2.67 bits per heavy atom. The number of carbonyl (C=O) groups is 1. The van der Waals surface area contributed by atoms with Crippen LogP contribution in [-0.2, 0) is 4.79 Å². The molecule has 1 atom stereocenters. The van der Waals surface area contributed by atoms with Gasteiger partial charge >= 0.3 is 0 Å². The van der Waals surface area contributed by atoms with Gasteiger partial charge in [-0.25, -0.2) is 4.39 Å². The Morgan fingerprint density at radius 2 is 2.17 bits per heavy atom. The van der Waals surface area contributed by atoms with Gasteiger partial charge in [-0.2, -0.15) is 0 Å². The van der Waals surface area contributed by atoms with Crippen molar-refractivity contribution >= 4 is 5.91 Å². The molecular formula is C14H21FN2O. The second kappa shape index (κ2) is 5.96. The molecule has 0 aliphatic heterocycles. The molecule has 0 bridgehead atoms. The first kappa shape index (κ1) is 14.6. The molecule has 0 heterocycles. The minimum atomic E-state index is -0.610. The third kappa shape index (κ3) is 3.81. The number of halogens is 1. The number of nitrogens with two attached hydrogens (primary N) is 1. The van der Waals surface area contributed by atoms with Gasteiger partial charge in [0.15, 0.2) is 0 Å². The third-order valence-electron chi connectivity index (χ3n) is 3.12. The Hall–Kier alpha value is -1.42. The number of hydrogen-bond donors (Lipinski definition) is 2. The van der Waals surface area contributed by atoms with E-state index in [4.69, 9.17) is 5.73 Å². The second-order valence-corrected chi connectivity index (χ2v) is 5.14. The van der Waals surface area contributed by atoms with Crippen molar-refractivity contribution in [1.29, 1.82) is 0 Å². The quantitative estimate of drug-likeness (QED) is 0.816. The van der Waals surface area contributed by atoms with Crippen molar-refractivity contribution in [3.05, 3.63) is 35.6 Å². The molecule has 0 aliphatic carbocycles. The number of carbonyl (C=O) groups excluding carboxylic acids is 1. The number of nitrogens with one attached hydrogen (secondary N) is 1. The van der Waals surface area contributed by atoms with Crippen molar-refractivity contribution in [2.24, 2.45) is 11.1 Å². The minimum Gasteiger partial charge on any atom is -0.369 e. The lowest BCUT2D eigenvalue weighted by atomic mass is 9.91. The number of amides is 1. The largest absolute Gasteiger partial charge is 0.369 e. The smallest absolute Gasteiger partial charge is 0.224 e. The Balaban J connectivity index is 2.72. The average molecular weight is 252 g/mol. The van der Waals surface area contributed by atoms with Crippen molar-refractivity contribution in [3.8, 4) is 0 Å². The summed E-state index contributed by atoms with van der Waals surface area (Å²) in [7, 11) is 0. The molecule has 0 saturated carbocycles. The third-order valence-corrected chi connectivity index (χ3v) is 3.12. The van der Waals surface area contributed by atoms with Crippen LogP contribution in [0.1, 0.15) is 38.8 Å². The Morgan fingerprint density at radius 1 is 1.50 bits per heavy atom. The lowest BCUT2D eigenvalue weighted by Crippen LogP contribution is -2.41. The predicted molar refractivity (Wildman–Crippen MR) is 70.4 cm³/mol. The van der Waals surface area contributed by atoms with Crippen LogP contribution in [0.4, 0.5) is 4.39 Å². The first-order valence-corrected chi connectivity index (χ1v) is 6.15. The van der Waals surface area contributed by atoms with Crippen LogP contribution in [0.25, 0.3) is 0 Å². The SMILES string of the molecule is CCC(NCC(C)(C)C(N)=O)c1cccc(F)c1. The Kier molecular flexibility index (Phi) is 4.84. The maximum atomic E-state index is 13.2. The molecule has 1 aromatic carbocycles. The second-order valence-electron chi connectivity index (χ2n) is 5.14. The molecule has 0 fully saturated rings. The summed E-state index contributed by atoms with van der Waals surface area (Å²) in [5, 5.41) is 3.27. The highest BCUT2D eigenvalue weighted by molar-refractivity contribution is 5.80. The van der Waals surface area contributed by atoms with Crippen molar-refractivity contribution in [2.45, 2.75) is 33.2 Å². The number of benzene rings is 1. The Bertz CT molecular complexity index is 418. The molecule has 0 aromatic heterocycles. The molecule has 0 saturated heterocycles. The van der Waals surface area contributed by atoms with E-state index in [9.17, 15) is 9.18 Å². The monoisotopic (exact) mass is 252 g/mol. The maximum absolute atomic E-state index is 13.2. The molecule has 18 heavy (non-hydrogen) atoms. The lowest BCUT2D eigenvalue weighted by Gasteiger charge is -2.25. The van der Waals surface area contributed by atoms with Crippen LogP contribution >= 0.6 is 0 Å². The van der Waals surface area contributed by atoms with Crippen LogP contribution in [0.15, 0.2) is 24.3 Å². The van der Waals surface area contributed by atoms with Crippen LogP contribution in [0.2, 0.25) is 0 Å². The van der Waals surface area contributed by atoms with Gasteiger partial charge in [0, 0.05) is 12.6 Å². The van der Waals surface area contributed by atoms with E-state index in [1.807, 2.05) is 13.0 Å². The van der Waals surface area contributed by atoms with E-state index in [1.54, 1.807) is 19.9 Å². The summed E-state index contributed by atoms with van der Waals surface area (Å²) in [6, 6.07) is 6.52. The highest BCUT2D eigenvalue weighted by atomic mass is 19.1. The van der Waals surface area contributed by atoms with Gasteiger partial charge in [-0.15, -0.1) is 0 Å². The van der Waals surface area contributed by atoms with Crippen molar-refractivity contribution < 1.29 is 9.18 Å². The molecule has 1 rings (SSSR count). The van der Waals surface area contributed by atoms with Gasteiger partial charge in [-0.05, 0) is 38.0 Å². The molecule has 100 valence electrons. The zero-order valence-electron chi connectivity index (χ0n) is 11.2. The van der Waals surface area contributed by atoms with Gasteiger partial charge in [0.2, 0.25) is 5.91 Å². The molecule has 0 radical (unpaired) electrons. The van der Waals surface area contributed by atoms with Gasteiger partial charge in [0.05, 0.1) is 5.41 Å².